The number of ether oxygens (including phenoxy) is 1. The third-order valence-corrected chi connectivity index (χ3v) is 5.80. The lowest BCUT2D eigenvalue weighted by Crippen LogP contribution is -2.53. The number of carbonyl (C=O) groups excluding carboxylic acids is 2. The van der Waals surface area contributed by atoms with Crippen LogP contribution in [0.3, 0.4) is 0 Å². The van der Waals surface area contributed by atoms with Crippen molar-refractivity contribution in [2.75, 3.05) is 45.9 Å². The number of nitrogens with zero attached hydrogens (tertiary/aromatic N) is 2. The van der Waals surface area contributed by atoms with E-state index in [0.717, 1.165) is 65.0 Å². The Hall–Kier alpha value is -1.34. The Morgan fingerprint density at radius 1 is 1.11 bits per heavy atom. The number of hydrogen-bond acceptors (Lipinski definition) is 4. The van der Waals surface area contributed by atoms with Crippen LogP contribution in [0.4, 0.5) is 4.79 Å². The molecule has 3 aliphatic rings. The first-order valence-corrected chi connectivity index (χ1v) is 10.7. The van der Waals surface area contributed by atoms with Crippen LogP contribution in [-0.2, 0) is 9.53 Å². The summed E-state index contributed by atoms with van der Waals surface area (Å²) in [5.41, 5.74) is 0. The maximum absolute atomic E-state index is 12.7. The monoisotopic (exact) mass is 380 g/mol. The lowest BCUT2D eigenvalue weighted by molar-refractivity contribution is -0.126. The van der Waals surface area contributed by atoms with Crippen LogP contribution >= 0.6 is 0 Å². The molecule has 0 bridgehead atoms. The second-order valence-corrected chi connectivity index (χ2v) is 8.69. The Labute approximate surface area is 163 Å². The van der Waals surface area contributed by atoms with Crippen LogP contribution in [0.1, 0.15) is 46.0 Å². The van der Waals surface area contributed by atoms with Crippen molar-refractivity contribution in [3.8, 4) is 0 Å². The molecule has 2 aliphatic heterocycles. The Kier molecular flexibility index (Phi) is 7.35. The summed E-state index contributed by atoms with van der Waals surface area (Å²) in [7, 11) is 0. The third-order valence-electron chi connectivity index (χ3n) is 5.80. The summed E-state index contributed by atoms with van der Waals surface area (Å²) in [6.07, 6.45) is 5.04. The van der Waals surface area contributed by atoms with Gasteiger partial charge in [0.15, 0.2) is 0 Å². The predicted octanol–water partition coefficient (Wildman–Crippen LogP) is 1.43. The van der Waals surface area contributed by atoms with Crippen LogP contribution in [0.15, 0.2) is 0 Å². The van der Waals surface area contributed by atoms with Crippen LogP contribution < -0.4 is 10.6 Å². The molecule has 7 nitrogen and oxygen atoms in total. The zero-order valence-corrected chi connectivity index (χ0v) is 16.9. The first kappa shape index (κ1) is 20.4. The van der Waals surface area contributed by atoms with Gasteiger partial charge in [0, 0.05) is 44.8 Å². The van der Waals surface area contributed by atoms with Gasteiger partial charge in [0.2, 0.25) is 5.91 Å². The van der Waals surface area contributed by atoms with Gasteiger partial charge in [0.1, 0.15) is 0 Å². The van der Waals surface area contributed by atoms with Gasteiger partial charge in [-0.1, -0.05) is 13.8 Å². The van der Waals surface area contributed by atoms with E-state index in [2.05, 4.69) is 29.4 Å². The largest absolute Gasteiger partial charge is 0.379 e. The highest BCUT2D eigenvalue weighted by Crippen LogP contribution is 2.22. The molecule has 2 heterocycles. The van der Waals surface area contributed by atoms with Gasteiger partial charge in [-0.25, -0.2) is 4.79 Å². The number of rotatable bonds is 7. The van der Waals surface area contributed by atoms with Crippen LogP contribution in [-0.4, -0.2) is 79.8 Å². The fourth-order valence-corrected chi connectivity index (χ4v) is 4.09. The Morgan fingerprint density at radius 3 is 2.52 bits per heavy atom. The van der Waals surface area contributed by atoms with Crippen molar-refractivity contribution < 1.29 is 14.3 Å². The molecule has 0 radical (unpaired) electrons. The number of urea groups is 1. The number of morpholine rings is 1. The summed E-state index contributed by atoms with van der Waals surface area (Å²) in [6.45, 7) is 9.79. The molecule has 7 heteroatoms. The second kappa shape index (κ2) is 9.73. The van der Waals surface area contributed by atoms with Gasteiger partial charge < -0.3 is 20.3 Å². The van der Waals surface area contributed by atoms with Crippen molar-refractivity contribution in [3.05, 3.63) is 0 Å². The second-order valence-electron chi connectivity index (χ2n) is 8.69. The van der Waals surface area contributed by atoms with Gasteiger partial charge in [-0.05, 0) is 38.0 Å². The summed E-state index contributed by atoms with van der Waals surface area (Å²) in [5.74, 6) is 0.650. The summed E-state index contributed by atoms with van der Waals surface area (Å²) in [4.78, 5) is 29.3. The van der Waals surface area contributed by atoms with Crippen LogP contribution in [0.5, 0.6) is 0 Å². The maximum atomic E-state index is 12.7. The quantitative estimate of drug-likeness (QED) is 0.701. The number of carbonyl (C=O) groups is 2. The zero-order chi connectivity index (χ0) is 19.2. The van der Waals surface area contributed by atoms with Gasteiger partial charge in [-0.2, -0.15) is 0 Å². The van der Waals surface area contributed by atoms with E-state index in [1.54, 1.807) is 0 Å². The van der Waals surface area contributed by atoms with Crippen LogP contribution in [0.25, 0.3) is 0 Å². The van der Waals surface area contributed by atoms with Crippen LogP contribution in [0, 0.1) is 11.8 Å². The summed E-state index contributed by atoms with van der Waals surface area (Å²) < 4.78 is 5.47. The van der Waals surface area contributed by atoms with Crippen molar-refractivity contribution in [2.45, 2.75) is 58.0 Å². The van der Waals surface area contributed by atoms with Crippen molar-refractivity contribution in [3.63, 3.8) is 0 Å². The van der Waals surface area contributed by atoms with Gasteiger partial charge in [-0.15, -0.1) is 0 Å². The minimum absolute atomic E-state index is 0.0269. The van der Waals surface area contributed by atoms with Crippen molar-refractivity contribution in [1.82, 2.24) is 20.4 Å². The average molecular weight is 381 g/mol. The summed E-state index contributed by atoms with van der Waals surface area (Å²) >= 11 is 0. The average Bonchev–Trinajstić information content (AvgIpc) is 3.49. The first-order chi connectivity index (χ1) is 13.0. The molecule has 1 saturated carbocycles. The highest BCUT2D eigenvalue weighted by molar-refractivity contribution is 5.81. The van der Waals surface area contributed by atoms with Crippen molar-refractivity contribution >= 4 is 11.9 Å². The number of amides is 3. The van der Waals surface area contributed by atoms with E-state index in [1.807, 2.05) is 4.90 Å². The number of hydrogen-bond donors (Lipinski definition) is 2. The minimum Gasteiger partial charge on any atom is -0.379 e. The molecule has 3 amide bonds. The molecule has 3 fully saturated rings. The maximum Gasteiger partial charge on any atom is 0.317 e. The van der Waals surface area contributed by atoms with E-state index in [0.29, 0.717) is 31.1 Å². The normalized spacial score (nSPS) is 25.3. The summed E-state index contributed by atoms with van der Waals surface area (Å²) in [6, 6.07) is 0.699. The highest BCUT2D eigenvalue weighted by atomic mass is 16.5. The van der Waals surface area contributed by atoms with E-state index >= 15 is 0 Å². The molecule has 2 saturated heterocycles. The van der Waals surface area contributed by atoms with Crippen molar-refractivity contribution in [1.29, 1.82) is 0 Å². The SMILES string of the molecule is CC(C)CC(CNC(=O)N1CCCC(C(=O)NC2CC2)C1)N1CCOCC1. The molecular weight excluding hydrogens is 344 g/mol. The number of likely N-dealkylation sites (tertiary alicyclic amines) is 1. The topological polar surface area (TPSA) is 73.9 Å². The number of piperidine rings is 1. The lowest BCUT2D eigenvalue weighted by atomic mass is 9.97. The molecule has 154 valence electrons. The zero-order valence-electron chi connectivity index (χ0n) is 16.9. The molecule has 1 aliphatic carbocycles. The van der Waals surface area contributed by atoms with E-state index in [9.17, 15) is 9.59 Å². The standard InChI is InChI=1S/C20H36N4O3/c1-15(2)12-18(23-8-10-27-11-9-23)13-21-20(26)24-7-3-4-16(14-24)19(25)22-17-5-6-17/h15-18H,3-14H2,1-2H3,(H,21,26)(H,22,25). The number of nitrogens with one attached hydrogen (secondary N) is 2. The lowest BCUT2D eigenvalue weighted by Gasteiger charge is -2.37. The van der Waals surface area contributed by atoms with Gasteiger partial charge in [0.05, 0.1) is 19.1 Å². The fourth-order valence-electron chi connectivity index (χ4n) is 4.09. The Bertz CT molecular complexity index is 503. The molecule has 3 rings (SSSR count). The van der Waals surface area contributed by atoms with E-state index in [4.69, 9.17) is 4.74 Å². The molecule has 0 spiro atoms. The smallest absolute Gasteiger partial charge is 0.317 e. The molecule has 2 N–H and O–H groups in total. The molecule has 0 aromatic rings. The third kappa shape index (κ3) is 6.35. The molecule has 27 heavy (non-hydrogen) atoms. The molecular formula is C20H36N4O3. The molecule has 0 aromatic carbocycles. The molecule has 2 unspecified atom stereocenters. The Morgan fingerprint density at radius 2 is 1.85 bits per heavy atom. The van der Waals surface area contributed by atoms with Gasteiger partial charge in [0.25, 0.3) is 0 Å². The van der Waals surface area contributed by atoms with E-state index in [1.165, 1.54) is 0 Å². The highest BCUT2D eigenvalue weighted by Gasteiger charge is 2.32. The Balaban J connectivity index is 1.47. The first-order valence-electron chi connectivity index (χ1n) is 10.7. The summed E-state index contributed by atoms with van der Waals surface area (Å²) in [5, 5.41) is 6.22. The van der Waals surface area contributed by atoms with E-state index in [-0.39, 0.29) is 17.9 Å². The van der Waals surface area contributed by atoms with Gasteiger partial charge in [-0.3, -0.25) is 9.69 Å². The predicted molar refractivity (Wildman–Crippen MR) is 104 cm³/mol. The minimum atomic E-state index is -0.0594. The van der Waals surface area contributed by atoms with E-state index < -0.39 is 0 Å². The van der Waals surface area contributed by atoms with Gasteiger partial charge >= 0.3 is 6.03 Å². The molecule has 2 atom stereocenters. The van der Waals surface area contributed by atoms with Crippen molar-refractivity contribution in [2.24, 2.45) is 11.8 Å². The fraction of sp³-hybridized carbons (Fsp3) is 0.900. The molecule has 0 aromatic heterocycles. The van der Waals surface area contributed by atoms with Crippen LogP contribution in [0.2, 0.25) is 0 Å².